The predicted octanol–water partition coefficient (Wildman–Crippen LogP) is 4.71. The van der Waals surface area contributed by atoms with Crippen LogP contribution in [0.3, 0.4) is 0 Å². The van der Waals surface area contributed by atoms with Crippen molar-refractivity contribution < 1.29 is 14.3 Å². The fraction of sp³-hybridized carbons (Fsp3) is 0.333. The van der Waals surface area contributed by atoms with Crippen molar-refractivity contribution >= 4 is 11.6 Å². The summed E-state index contributed by atoms with van der Waals surface area (Å²) in [6.07, 6.45) is 4.32. The number of benzene rings is 2. The second-order valence-corrected chi connectivity index (χ2v) is 8.11. The SMILES string of the molecule is Cc1nn(-c2ccccc2)c(C)c1CC(=O)Nc1ccc2c(c1)OC1(CCCC1)O2. The highest BCUT2D eigenvalue weighted by molar-refractivity contribution is 5.93. The van der Waals surface area contributed by atoms with Crippen molar-refractivity contribution in [3.63, 3.8) is 0 Å². The van der Waals surface area contributed by atoms with Gasteiger partial charge in [-0.2, -0.15) is 5.10 Å². The van der Waals surface area contributed by atoms with E-state index in [1.165, 1.54) is 0 Å². The Kier molecular flexibility index (Phi) is 4.50. The van der Waals surface area contributed by atoms with E-state index in [9.17, 15) is 4.79 Å². The number of hydrogen-bond donors (Lipinski definition) is 1. The molecule has 154 valence electrons. The summed E-state index contributed by atoms with van der Waals surface area (Å²) in [4.78, 5) is 12.8. The number of fused-ring (bicyclic) bond motifs is 1. The first-order valence-electron chi connectivity index (χ1n) is 10.5. The number of ether oxygens (including phenoxy) is 2. The minimum atomic E-state index is -0.495. The lowest BCUT2D eigenvalue weighted by Crippen LogP contribution is -2.34. The van der Waals surface area contributed by atoms with Gasteiger partial charge in [-0.05, 0) is 51.0 Å². The maximum Gasteiger partial charge on any atom is 0.251 e. The van der Waals surface area contributed by atoms with Crippen molar-refractivity contribution in [1.29, 1.82) is 0 Å². The minimum absolute atomic E-state index is 0.0803. The second-order valence-electron chi connectivity index (χ2n) is 8.11. The van der Waals surface area contributed by atoms with Crippen LogP contribution in [-0.4, -0.2) is 21.5 Å². The van der Waals surface area contributed by atoms with E-state index in [2.05, 4.69) is 10.4 Å². The van der Waals surface area contributed by atoms with E-state index in [4.69, 9.17) is 9.47 Å². The Bertz CT molecular complexity index is 1100. The lowest BCUT2D eigenvalue weighted by atomic mass is 10.1. The number of carbonyl (C=O) groups is 1. The number of amides is 1. The highest BCUT2D eigenvalue weighted by atomic mass is 16.7. The average molecular weight is 403 g/mol. The molecule has 6 nitrogen and oxygen atoms in total. The van der Waals surface area contributed by atoms with Crippen LogP contribution in [0.1, 0.15) is 42.6 Å². The molecule has 1 saturated carbocycles. The van der Waals surface area contributed by atoms with Crippen LogP contribution >= 0.6 is 0 Å². The van der Waals surface area contributed by atoms with Gasteiger partial charge < -0.3 is 14.8 Å². The lowest BCUT2D eigenvalue weighted by Gasteiger charge is -2.21. The summed E-state index contributed by atoms with van der Waals surface area (Å²) in [6.45, 7) is 3.94. The van der Waals surface area contributed by atoms with Gasteiger partial charge in [-0.15, -0.1) is 0 Å². The zero-order chi connectivity index (χ0) is 20.7. The predicted molar refractivity (Wildman–Crippen MR) is 114 cm³/mol. The second kappa shape index (κ2) is 7.20. The first-order chi connectivity index (χ1) is 14.5. The van der Waals surface area contributed by atoms with Crippen molar-refractivity contribution in [2.75, 3.05) is 5.32 Å². The van der Waals surface area contributed by atoms with Crippen LogP contribution in [0.15, 0.2) is 48.5 Å². The zero-order valence-electron chi connectivity index (χ0n) is 17.3. The van der Waals surface area contributed by atoms with Gasteiger partial charge in [-0.3, -0.25) is 4.79 Å². The number of anilines is 1. The highest BCUT2D eigenvalue weighted by Crippen LogP contribution is 2.47. The summed E-state index contributed by atoms with van der Waals surface area (Å²) in [6, 6.07) is 15.5. The molecule has 6 heteroatoms. The van der Waals surface area contributed by atoms with E-state index in [1.54, 1.807) is 0 Å². The Morgan fingerprint density at radius 1 is 1.07 bits per heavy atom. The highest BCUT2D eigenvalue weighted by Gasteiger charge is 2.44. The number of para-hydroxylation sites is 1. The Balaban J connectivity index is 1.30. The largest absolute Gasteiger partial charge is 0.448 e. The Hall–Kier alpha value is -3.28. The standard InChI is InChI=1S/C24H25N3O3/c1-16-20(17(2)27(26-16)19-8-4-3-5-9-19)15-23(28)25-18-10-11-21-22(14-18)30-24(29-21)12-6-7-13-24/h3-5,8-11,14H,6-7,12-13,15H2,1-2H3,(H,25,28). The fourth-order valence-corrected chi connectivity index (χ4v) is 4.41. The molecule has 2 heterocycles. The molecule has 1 amide bonds. The van der Waals surface area contributed by atoms with Crippen LogP contribution in [0, 0.1) is 13.8 Å². The number of hydrogen-bond acceptors (Lipinski definition) is 4. The molecule has 1 fully saturated rings. The topological polar surface area (TPSA) is 65.4 Å². The van der Waals surface area contributed by atoms with Gasteiger partial charge in [0, 0.05) is 35.9 Å². The quantitative estimate of drug-likeness (QED) is 0.685. The van der Waals surface area contributed by atoms with E-state index in [1.807, 2.05) is 67.1 Å². The molecule has 0 unspecified atom stereocenters. The monoisotopic (exact) mass is 403 g/mol. The molecule has 3 aromatic rings. The molecule has 5 rings (SSSR count). The summed E-state index contributed by atoms with van der Waals surface area (Å²) in [5, 5.41) is 7.62. The van der Waals surface area contributed by atoms with Crippen molar-refractivity contribution in [2.24, 2.45) is 0 Å². The average Bonchev–Trinajstić information content (AvgIpc) is 3.42. The number of aryl methyl sites for hydroxylation is 1. The van der Waals surface area contributed by atoms with E-state index in [0.29, 0.717) is 11.4 Å². The summed E-state index contributed by atoms with van der Waals surface area (Å²) in [7, 11) is 0. The third kappa shape index (κ3) is 3.32. The Labute approximate surface area is 175 Å². The van der Waals surface area contributed by atoms with Crippen LogP contribution in [0.25, 0.3) is 5.69 Å². The molecule has 30 heavy (non-hydrogen) atoms. The van der Waals surface area contributed by atoms with Gasteiger partial charge in [0.15, 0.2) is 11.5 Å². The minimum Gasteiger partial charge on any atom is -0.448 e. The van der Waals surface area contributed by atoms with Gasteiger partial charge >= 0.3 is 0 Å². The third-order valence-corrected chi connectivity index (χ3v) is 5.96. The van der Waals surface area contributed by atoms with Gasteiger partial charge in [-0.25, -0.2) is 4.68 Å². The molecule has 1 aromatic heterocycles. The van der Waals surface area contributed by atoms with Crippen LogP contribution in [0.2, 0.25) is 0 Å². The molecule has 0 saturated heterocycles. The Morgan fingerprint density at radius 2 is 1.80 bits per heavy atom. The van der Waals surface area contributed by atoms with Crippen molar-refractivity contribution in [3.05, 3.63) is 65.5 Å². The molecular formula is C24H25N3O3. The number of carbonyl (C=O) groups excluding carboxylic acids is 1. The molecule has 0 radical (unpaired) electrons. The summed E-state index contributed by atoms with van der Waals surface area (Å²) >= 11 is 0. The first kappa shape index (κ1) is 18.7. The first-order valence-corrected chi connectivity index (χ1v) is 10.5. The number of rotatable bonds is 4. The maximum atomic E-state index is 12.8. The summed E-state index contributed by atoms with van der Waals surface area (Å²) in [5.74, 6) is 0.888. The molecule has 0 bridgehead atoms. The molecular weight excluding hydrogens is 378 g/mol. The van der Waals surface area contributed by atoms with Crippen LogP contribution in [0.5, 0.6) is 11.5 Å². The summed E-state index contributed by atoms with van der Waals surface area (Å²) < 4.78 is 14.0. The van der Waals surface area contributed by atoms with E-state index in [0.717, 1.165) is 54.1 Å². The zero-order valence-corrected chi connectivity index (χ0v) is 17.3. The van der Waals surface area contributed by atoms with Gasteiger partial charge in [0.2, 0.25) is 5.91 Å². The van der Waals surface area contributed by atoms with Crippen molar-refractivity contribution in [3.8, 4) is 17.2 Å². The smallest absolute Gasteiger partial charge is 0.251 e. The lowest BCUT2D eigenvalue weighted by molar-refractivity contribution is -0.115. The molecule has 0 atom stereocenters. The van der Waals surface area contributed by atoms with E-state index >= 15 is 0 Å². The molecule has 1 N–H and O–H groups in total. The fourth-order valence-electron chi connectivity index (χ4n) is 4.41. The van der Waals surface area contributed by atoms with Crippen molar-refractivity contribution in [1.82, 2.24) is 9.78 Å². The van der Waals surface area contributed by atoms with Crippen LogP contribution in [-0.2, 0) is 11.2 Å². The van der Waals surface area contributed by atoms with Crippen molar-refractivity contribution in [2.45, 2.75) is 51.7 Å². The van der Waals surface area contributed by atoms with Crippen LogP contribution < -0.4 is 14.8 Å². The molecule has 2 aromatic carbocycles. The maximum absolute atomic E-state index is 12.8. The molecule has 1 aliphatic carbocycles. The van der Waals surface area contributed by atoms with Gasteiger partial charge in [-0.1, -0.05) is 18.2 Å². The molecule has 1 spiro atoms. The number of nitrogens with one attached hydrogen (secondary N) is 1. The van der Waals surface area contributed by atoms with Crippen LogP contribution in [0.4, 0.5) is 5.69 Å². The van der Waals surface area contributed by atoms with Gasteiger partial charge in [0.25, 0.3) is 5.79 Å². The third-order valence-electron chi connectivity index (χ3n) is 5.96. The molecule has 1 aliphatic heterocycles. The van der Waals surface area contributed by atoms with Gasteiger partial charge in [0.05, 0.1) is 17.8 Å². The van der Waals surface area contributed by atoms with Gasteiger partial charge in [0.1, 0.15) is 0 Å². The van der Waals surface area contributed by atoms with E-state index in [-0.39, 0.29) is 12.3 Å². The normalized spacial score (nSPS) is 16.2. The number of aromatic nitrogens is 2. The number of nitrogens with zero attached hydrogens (tertiary/aromatic N) is 2. The Morgan fingerprint density at radius 3 is 2.57 bits per heavy atom. The summed E-state index contributed by atoms with van der Waals surface area (Å²) in [5.41, 5.74) is 4.48. The van der Waals surface area contributed by atoms with E-state index < -0.39 is 5.79 Å². The molecule has 2 aliphatic rings.